The summed E-state index contributed by atoms with van der Waals surface area (Å²) in [6, 6.07) is 3.76. The molecule has 1 aromatic heterocycles. The molecule has 2 atom stereocenters. The fraction of sp³-hybridized carbons (Fsp3) is 0.533. The lowest BCUT2D eigenvalue weighted by Gasteiger charge is -2.24. The molecule has 0 bridgehead atoms. The highest BCUT2D eigenvalue weighted by atomic mass is 16.4. The first-order valence-corrected chi connectivity index (χ1v) is 7.04. The van der Waals surface area contributed by atoms with Crippen molar-refractivity contribution in [3.05, 3.63) is 30.1 Å². The van der Waals surface area contributed by atoms with Gasteiger partial charge in [0.1, 0.15) is 0 Å². The molecule has 1 aromatic rings. The third-order valence-corrected chi connectivity index (χ3v) is 3.65. The van der Waals surface area contributed by atoms with Crippen LogP contribution in [0, 0.1) is 11.8 Å². The molecule has 1 heterocycles. The van der Waals surface area contributed by atoms with Gasteiger partial charge in [0.05, 0.1) is 11.8 Å². The molecule has 114 valence electrons. The smallest absolute Gasteiger partial charge is 0.307 e. The SMILES string of the molecule is CN(C)CCN(Cc1cccnc1)C(=O)[C@@H]1C[C@@H]1C(=O)O. The van der Waals surface area contributed by atoms with E-state index in [4.69, 9.17) is 5.11 Å². The van der Waals surface area contributed by atoms with Crippen LogP contribution in [0.5, 0.6) is 0 Å². The van der Waals surface area contributed by atoms with Crippen molar-refractivity contribution in [2.24, 2.45) is 11.8 Å². The van der Waals surface area contributed by atoms with Crippen LogP contribution in [0.4, 0.5) is 0 Å². The molecule has 6 nitrogen and oxygen atoms in total. The van der Waals surface area contributed by atoms with Crippen LogP contribution in [0.25, 0.3) is 0 Å². The van der Waals surface area contributed by atoms with E-state index >= 15 is 0 Å². The van der Waals surface area contributed by atoms with Crippen LogP contribution in [-0.4, -0.2) is 59.0 Å². The number of hydrogen-bond acceptors (Lipinski definition) is 4. The number of aromatic nitrogens is 1. The molecule has 1 saturated carbocycles. The summed E-state index contributed by atoms with van der Waals surface area (Å²) in [5, 5.41) is 8.97. The number of nitrogens with zero attached hydrogens (tertiary/aromatic N) is 3. The molecule has 1 amide bonds. The van der Waals surface area contributed by atoms with E-state index in [-0.39, 0.29) is 11.8 Å². The van der Waals surface area contributed by atoms with Crippen molar-refractivity contribution < 1.29 is 14.7 Å². The Bertz CT molecular complexity index is 504. The lowest BCUT2D eigenvalue weighted by Crippen LogP contribution is -2.37. The standard InChI is InChI=1S/C15H21N3O3/c1-17(2)6-7-18(10-11-4-3-5-16-9-11)14(19)12-8-13(12)15(20)21/h3-5,9,12-13H,6-8,10H2,1-2H3,(H,20,21)/t12-,13+/m1/s1. The predicted molar refractivity (Wildman–Crippen MR) is 77.4 cm³/mol. The molecule has 0 saturated heterocycles. The van der Waals surface area contributed by atoms with E-state index in [2.05, 4.69) is 4.98 Å². The van der Waals surface area contributed by atoms with Gasteiger partial charge in [-0.15, -0.1) is 0 Å². The minimum absolute atomic E-state index is 0.0619. The Morgan fingerprint density at radius 2 is 2.10 bits per heavy atom. The summed E-state index contributed by atoms with van der Waals surface area (Å²) in [5.41, 5.74) is 0.956. The monoisotopic (exact) mass is 291 g/mol. The van der Waals surface area contributed by atoms with Gasteiger partial charge < -0.3 is 14.9 Å². The zero-order chi connectivity index (χ0) is 15.4. The average molecular weight is 291 g/mol. The highest BCUT2D eigenvalue weighted by Crippen LogP contribution is 2.40. The Labute approximate surface area is 124 Å². The first-order valence-electron chi connectivity index (χ1n) is 7.04. The molecule has 0 aromatic carbocycles. The normalized spacial score (nSPS) is 20.3. The third kappa shape index (κ3) is 4.26. The van der Waals surface area contributed by atoms with Gasteiger partial charge in [-0.05, 0) is 32.1 Å². The first kappa shape index (κ1) is 15.4. The van der Waals surface area contributed by atoms with Gasteiger partial charge in [-0.25, -0.2) is 0 Å². The molecule has 1 aliphatic rings. The maximum Gasteiger partial charge on any atom is 0.307 e. The first-order chi connectivity index (χ1) is 9.99. The van der Waals surface area contributed by atoms with Crippen LogP contribution in [0.3, 0.4) is 0 Å². The molecule has 6 heteroatoms. The van der Waals surface area contributed by atoms with Gasteiger partial charge >= 0.3 is 5.97 Å². The van der Waals surface area contributed by atoms with E-state index in [9.17, 15) is 9.59 Å². The number of hydrogen-bond donors (Lipinski definition) is 1. The van der Waals surface area contributed by atoms with Crippen molar-refractivity contribution in [1.29, 1.82) is 0 Å². The Morgan fingerprint density at radius 1 is 1.33 bits per heavy atom. The maximum atomic E-state index is 12.5. The predicted octanol–water partition coefficient (Wildman–Crippen LogP) is 0.692. The lowest BCUT2D eigenvalue weighted by molar-refractivity contribution is -0.142. The molecule has 0 aliphatic heterocycles. The summed E-state index contributed by atoms with van der Waals surface area (Å²) in [4.78, 5) is 31.2. The maximum absolute atomic E-state index is 12.5. The third-order valence-electron chi connectivity index (χ3n) is 3.65. The molecule has 1 N–H and O–H groups in total. The van der Waals surface area contributed by atoms with Gasteiger partial charge in [0.15, 0.2) is 0 Å². The number of carboxylic acids is 1. The van der Waals surface area contributed by atoms with Gasteiger partial charge in [-0.2, -0.15) is 0 Å². The quantitative estimate of drug-likeness (QED) is 0.800. The lowest BCUT2D eigenvalue weighted by atomic mass is 10.2. The summed E-state index contributed by atoms with van der Waals surface area (Å²) < 4.78 is 0. The van der Waals surface area contributed by atoms with Crippen molar-refractivity contribution >= 4 is 11.9 Å². The Balaban J connectivity index is 2.01. The fourth-order valence-corrected chi connectivity index (χ4v) is 2.28. The molecular formula is C15H21N3O3. The number of rotatable bonds is 7. The van der Waals surface area contributed by atoms with Crippen molar-refractivity contribution in [1.82, 2.24) is 14.8 Å². The zero-order valence-electron chi connectivity index (χ0n) is 12.4. The largest absolute Gasteiger partial charge is 0.481 e. The molecule has 2 rings (SSSR count). The van der Waals surface area contributed by atoms with Gasteiger partial charge in [0, 0.05) is 32.0 Å². The van der Waals surface area contributed by atoms with E-state index in [1.54, 1.807) is 17.3 Å². The van der Waals surface area contributed by atoms with Crippen LogP contribution in [0.2, 0.25) is 0 Å². The topological polar surface area (TPSA) is 73.7 Å². The molecular weight excluding hydrogens is 270 g/mol. The van der Waals surface area contributed by atoms with Crippen LogP contribution in [0.1, 0.15) is 12.0 Å². The van der Waals surface area contributed by atoms with E-state index < -0.39 is 11.9 Å². The summed E-state index contributed by atoms with van der Waals surface area (Å²) in [6.07, 6.45) is 3.88. The van der Waals surface area contributed by atoms with Crippen LogP contribution < -0.4 is 0 Å². The van der Waals surface area contributed by atoms with Crippen molar-refractivity contribution in [2.75, 3.05) is 27.2 Å². The number of aliphatic carboxylic acids is 1. The van der Waals surface area contributed by atoms with Crippen molar-refractivity contribution in [2.45, 2.75) is 13.0 Å². The van der Waals surface area contributed by atoms with E-state index in [0.717, 1.165) is 12.1 Å². The number of carboxylic acid groups (broad SMARTS) is 1. The second-order valence-corrected chi connectivity index (χ2v) is 5.71. The van der Waals surface area contributed by atoms with E-state index in [1.165, 1.54) is 0 Å². The molecule has 0 radical (unpaired) electrons. The summed E-state index contributed by atoms with van der Waals surface area (Å²) in [6.45, 7) is 1.81. The summed E-state index contributed by atoms with van der Waals surface area (Å²) in [7, 11) is 3.90. The Kier molecular flexibility index (Phi) is 4.90. The van der Waals surface area contributed by atoms with Gasteiger partial charge in [0.2, 0.25) is 5.91 Å². The highest BCUT2D eigenvalue weighted by molar-refractivity contribution is 5.89. The summed E-state index contributed by atoms with van der Waals surface area (Å²) in [5.74, 6) is -1.80. The minimum Gasteiger partial charge on any atom is -0.481 e. The fourth-order valence-electron chi connectivity index (χ4n) is 2.28. The second kappa shape index (κ2) is 6.67. The summed E-state index contributed by atoms with van der Waals surface area (Å²) >= 11 is 0. The number of amides is 1. The average Bonchev–Trinajstić information content (AvgIpc) is 3.24. The minimum atomic E-state index is -0.873. The second-order valence-electron chi connectivity index (χ2n) is 5.71. The molecule has 21 heavy (non-hydrogen) atoms. The number of carbonyl (C=O) groups is 2. The van der Waals surface area contributed by atoms with E-state index in [0.29, 0.717) is 19.5 Å². The van der Waals surface area contributed by atoms with Gasteiger partial charge in [-0.3, -0.25) is 14.6 Å². The number of likely N-dealkylation sites (N-methyl/N-ethyl adjacent to an activating group) is 1. The molecule has 0 spiro atoms. The van der Waals surface area contributed by atoms with Crippen LogP contribution in [-0.2, 0) is 16.1 Å². The van der Waals surface area contributed by atoms with Gasteiger partial charge in [0.25, 0.3) is 0 Å². The number of carbonyl (C=O) groups excluding carboxylic acids is 1. The Hall–Kier alpha value is -1.95. The molecule has 1 aliphatic carbocycles. The van der Waals surface area contributed by atoms with Crippen molar-refractivity contribution in [3.8, 4) is 0 Å². The molecule has 0 unspecified atom stereocenters. The van der Waals surface area contributed by atoms with Crippen LogP contribution in [0.15, 0.2) is 24.5 Å². The van der Waals surface area contributed by atoms with Gasteiger partial charge in [-0.1, -0.05) is 6.07 Å². The Morgan fingerprint density at radius 3 is 2.62 bits per heavy atom. The number of pyridine rings is 1. The van der Waals surface area contributed by atoms with E-state index in [1.807, 2.05) is 31.1 Å². The molecule has 1 fully saturated rings. The zero-order valence-corrected chi connectivity index (χ0v) is 12.4. The van der Waals surface area contributed by atoms with Crippen LogP contribution >= 0.6 is 0 Å². The van der Waals surface area contributed by atoms with Crippen molar-refractivity contribution in [3.63, 3.8) is 0 Å². The highest BCUT2D eigenvalue weighted by Gasteiger charge is 2.49.